The maximum atomic E-state index is 9.34. The van der Waals surface area contributed by atoms with Crippen LogP contribution in [0.1, 0.15) is 44.7 Å². The van der Waals surface area contributed by atoms with Gasteiger partial charge in [0, 0.05) is 6.04 Å². The van der Waals surface area contributed by atoms with E-state index in [2.05, 4.69) is 30.9 Å². The van der Waals surface area contributed by atoms with E-state index in [0.29, 0.717) is 11.8 Å². The summed E-state index contributed by atoms with van der Waals surface area (Å²) in [5.74, 6) is 1.24. The van der Waals surface area contributed by atoms with Crippen LogP contribution in [-0.4, -0.2) is 23.1 Å². The molecule has 1 aliphatic heterocycles. The number of piperidine rings is 1. The molecule has 0 saturated carbocycles. The Hall–Kier alpha value is -1.02. The molecule has 0 radical (unpaired) electrons. The number of likely N-dealkylation sites (tertiary alicyclic amines) is 1. The minimum atomic E-state index is 0.357. The normalized spacial score (nSPS) is 20.4. The van der Waals surface area contributed by atoms with E-state index in [0.717, 1.165) is 12.3 Å². The number of rotatable bonds is 3. The molecule has 1 aliphatic rings. The smallest absolute Gasteiger partial charge is 0.115 e. The molecule has 1 aromatic carbocycles. The van der Waals surface area contributed by atoms with E-state index in [1.54, 1.807) is 12.1 Å². The van der Waals surface area contributed by atoms with Crippen molar-refractivity contribution in [2.45, 2.75) is 39.2 Å². The summed E-state index contributed by atoms with van der Waals surface area (Å²) in [5, 5.41) is 9.34. The molecule has 0 amide bonds. The van der Waals surface area contributed by atoms with Gasteiger partial charge in [0.25, 0.3) is 0 Å². The van der Waals surface area contributed by atoms with Crippen LogP contribution in [0.15, 0.2) is 24.3 Å². The van der Waals surface area contributed by atoms with Gasteiger partial charge in [-0.25, -0.2) is 0 Å². The first-order valence-electron chi connectivity index (χ1n) is 6.73. The Kier molecular flexibility index (Phi) is 4.06. The minimum Gasteiger partial charge on any atom is -0.508 e. The molecule has 2 rings (SSSR count). The van der Waals surface area contributed by atoms with Crippen LogP contribution in [0, 0.1) is 5.92 Å². The molecule has 0 aromatic heterocycles. The third kappa shape index (κ3) is 3.01. The Balaban J connectivity index is 2.08. The third-order valence-electron chi connectivity index (χ3n) is 3.92. The first-order chi connectivity index (χ1) is 8.20. The Morgan fingerprint density at radius 1 is 1.24 bits per heavy atom. The SMILES string of the molecule is CCC(c1ccc(O)cc1)N1CCC(C)CC1. The highest BCUT2D eigenvalue weighted by Crippen LogP contribution is 2.29. The fourth-order valence-electron chi connectivity index (χ4n) is 2.74. The Labute approximate surface area is 104 Å². The predicted octanol–water partition coefficient (Wildman–Crippen LogP) is 3.58. The van der Waals surface area contributed by atoms with Gasteiger partial charge in [0.15, 0.2) is 0 Å². The Bertz CT molecular complexity index is 338. The summed E-state index contributed by atoms with van der Waals surface area (Å²) >= 11 is 0. The highest BCUT2D eigenvalue weighted by Gasteiger charge is 2.23. The molecular weight excluding hydrogens is 210 g/mol. The van der Waals surface area contributed by atoms with E-state index in [9.17, 15) is 5.11 Å². The van der Waals surface area contributed by atoms with E-state index < -0.39 is 0 Å². The van der Waals surface area contributed by atoms with Crippen LogP contribution in [0.4, 0.5) is 0 Å². The molecule has 2 heteroatoms. The summed E-state index contributed by atoms with van der Waals surface area (Å²) in [5.41, 5.74) is 1.33. The molecule has 1 aromatic rings. The molecule has 94 valence electrons. The Morgan fingerprint density at radius 3 is 2.35 bits per heavy atom. The highest BCUT2D eigenvalue weighted by atomic mass is 16.3. The van der Waals surface area contributed by atoms with Gasteiger partial charge in [-0.15, -0.1) is 0 Å². The summed E-state index contributed by atoms with van der Waals surface area (Å²) in [6, 6.07) is 8.22. The van der Waals surface area contributed by atoms with Gasteiger partial charge >= 0.3 is 0 Å². The van der Waals surface area contributed by atoms with Gasteiger partial charge in [-0.1, -0.05) is 26.0 Å². The number of phenols is 1. The van der Waals surface area contributed by atoms with Crippen molar-refractivity contribution in [1.82, 2.24) is 4.90 Å². The van der Waals surface area contributed by atoms with Gasteiger partial charge in [-0.2, -0.15) is 0 Å². The van der Waals surface area contributed by atoms with Gasteiger partial charge in [-0.3, -0.25) is 4.90 Å². The van der Waals surface area contributed by atoms with Crippen LogP contribution < -0.4 is 0 Å². The number of phenolic OH excluding ortho intramolecular Hbond substituents is 1. The van der Waals surface area contributed by atoms with E-state index in [-0.39, 0.29) is 0 Å². The second-order valence-electron chi connectivity index (χ2n) is 5.23. The molecule has 1 fully saturated rings. The molecular formula is C15H23NO. The number of hydrogen-bond donors (Lipinski definition) is 1. The zero-order valence-corrected chi connectivity index (χ0v) is 10.9. The lowest BCUT2D eigenvalue weighted by Crippen LogP contribution is -2.35. The first kappa shape index (κ1) is 12.4. The minimum absolute atomic E-state index is 0.357. The van der Waals surface area contributed by atoms with Gasteiger partial charge in [0.2, 0.25) is 0 Å². The van der Waals surface area contributed by atoms with Crippen molar-refractivity contribution >= 4 is 0 Å². The van der Waals surface area contributed by atoms with Crippen molar-refractivity contribution in [2.24, 2.45) is 5.92 Å². The summed E-state index contributed by atoms with van der Waals surface area (Å²) in [6.07, 6.45) is 3.77. The summed E-state index contributed by atoms with van der Waals surface area (Å²) in [7, 11) is 0. The van der Waals surface area contributed by atoms with Crippen molar-refractivity contribution in [3.63, 3.8) is 0 Å². The van der Waals surface area contributed by atoms with Crippen molar-refractivity contribution in [3.8, 4) is 5.75 Å². The summed E-state index contributed by atoms with van der Waals surface area (Å²) < 4.78 is 0. The molecule has 1 N–H and O–H groups in total. The lowest BCUT2D eigenvalue weighted by atomic mass is 9.95. The second-order valence-corrected chi connectivity index (χ2v) is 5.23. The first-order valence-corrected chi connectivity index (χ1v) is 6.73. The van der Waals surface area contributed by atoms with Crippen molar-refractivity contribution in [1.29, 1.82) is 0 Å². The van der Waals surface area contributed by atoms with E-state index in [1.165, 1.54) is 31.5 Å². The molecule has 2 nitrogen and oxygen atoms in total. The molecule has 1 saturated heterocycles. The molecule has 0 spiro atoms. The summed E-state index contributed by atoms with van der Waals surface area (Å²) in [6.45, 7) is 7.01. The quantitative estimate of drug-likeness (QED) is 0.862. The van der Waals surface area contributed by atoms with Crippen LogP contribution in [0.2, 0.25) is 0 Å². The molecule has 1 heterocycles. The standard InChI is InChI=1S/C15H23NO/c1-3-15(13-4-6-14(17)7-5-13)16-10-8-12(2)9-11-16/h4-7,12,15,17H,3,8-11H2,1-2H3. The van der Waals surface area contributed by atoms with Crippen molar-refractivity contribution < 1.29 is 5.11 Å². The summed E-state index contributed by atoms with van der Waals surface area (Å²) in [4.78, 5) is 2.59. The molecule has 0 bridgehead atoms. The zero-order valence-electron chi connectivity index (χ0n) is 10.9. The molecule has 1 unspecified atom stereocenters. The highest BCUT2D eigenvalue weighted by molar-refractivity contribution is 5.28. The second kappa shape index (κ2) is 5.54. The Morgan fingerprint density at radius 2 is 1.82 bits per heavy atom. The average molecular weight is 233 g/mol. The van der Waals surface area contributed by atoms with Crippen molar-refractivity contribution in [3.05, 3.63) is 29.8 Å². The predicted molar refractivity (Wildman–Crippen MR) is 71.1 cm³/mol. The monoisotopic (exact) mass is 233 g/mol. The van der Waals surface area contributed by atoms with Crippen LogP contribution in [0.25, 0.3) is 0 Å². The fraction of sp³-hybridized carbons (Fsp3) is 0.600. The maximum Gasteiger partial charge on any atom is 0.115 e. The third-order valence-corrected chi connectivity index (χ3v) is 3.92. The zero-order chi connectivity index (χ0) is 12.3. The van der Waals surface area contributed by atoms with Crippen LogP contribution >= 0.6 is 0 Å². The van der Waals surface area contributed by atoms with E-state index in [4.69, 9.17) is 0 Å². The van der Waals surface area contributed by atoms with Gasteiger partial charge in [0.1, 0.15) is 5.75 Å². The van der Waals surface area contributed by atoms with Crippen LogP contribution in [0.3, 0.4) is 0 Å². The fourth-order valence-corrected chi connectivity index (χ4v) is 2.74. The van der Waals surface area contributed by atoms with E-state index in [1.807, 2.05) is 0 Å². The van der Waals surface area contributed by atoms with E-state index >= 15 is 0 Å². The number of nitrogens with zero attached hydrogens (tertiary/aromatic N) is 1. The van der Waals surface area contributed by atoms with Crippen LogP contribution in [-0.2, 0) is 0 Å². The maximum absolute atomic E-state index is 9.34. The lowest BCUT2D eigenvalue weighted by Gasteiger charge is -2.36. The van der Waals surface area contributed by atoms with Gasteiger partial charge in [-0.05, 0) is 56.0 Å². The number of aromatic hydroxyl groups is 1. The topological polar surface area (TPSA) is 23.5 Å². The number of hydrogen-bond acceptors (Lipinski definition) is 2. The number of benzene rings is 1. The van der Waals surface area contributed by atoms with Gasteiger partial charge < -0.3 is 5.11 Å². The molecule has 0 aliphatic carbocycles. The molecule has 17 heavy (non-hydrogen) atoms. The largest absolute Gasteiger partial charge is 0.508 e. The van der Waals surface area contributed by atoms with Crippen molar-refractivity contribution in [2.75, 3.05) is 13.1 Å². The van der Waals surface area contributed by atoms with Gasteiger partial charge in [0.05, 0.1) is 0 Å². The lowest BCUT2D eigenvalue weighted by molar-refractivity contribution is 0.134. The molecule has 1 atom stereocenters. The van der Waals surface area contributed by atoms with Crippen LogP contribution in [0.5, 0.6) is 5.75 Å². The average Bonchev–Trinajstić information content (AvgIpc) is 2.35.